The minimum Gasteiger partial charge on any atom is -0.493 e. The van der Waals surface area contributed by atoms with Crippen LogP contribution in [0.15, 0.2) is 42.5 Å². The molecule has 2 N–H and O–H groups in total. The van der Waals surface area contributed by atoms with Gasteiger partial charge >= 0.3 is 6.18 Å². The topological polar surface area (TPSA) is 76.9 Å². The number of rotatable bonds is 5. The predicted octanol–water partition coefficient (Wildman–Crippen LogP) is 3.27. The van der Waals surface area contributed by atoms with E-state index in [0.717, 1.165) is 41.1 Å². The predicted molar refractivity (Wildman–Crippen MR) is 118 cm³/mol. The van der Waals surface area contributed by atoms with Gasteiger partial charge in [-0.25, -0.2) is 0 Å². The number of hydrogen-bond donors (Lipinski definition) is 2. The van der Waals surface area contributed by atoms with Crippen LogP contribution in [0.4, 0.5) is 13.2 Å². The van der Waals surface area contributed by atoms with Crippen molar-refractivity contribution >= 4 is 12.4 Å². The zero-order valence-corrected chi connectivity index (χ0v) is 18.5. The largest absolute Gasteiger partial charge is 0.493 e. The Balaban J connectivity index is 0.00000259. The van der Waals surface area contributed by atoms with Crippen molar-refractivity contribution in [2.45, 2.75) is 37.5 Å². The van der Waals surface area contributed by atoms with Gasteiger partial charge in [0.2, 0.25) is 0 Å². The highest BCUT2D eigenvalue weighted by Crippen LogP contribution is 2.35. The second-order valence-corrected chi connectivity index (χ2v) is 8.10. The van der Waals surface area contributed by atoms with Crippen molar-refractivity contribution in [3.63, 3.8) is 0 Å². The fraction of sp³-hybridized carbons (Fsp3) is 0.409. The Morgan fingerprint density at radius 3 is 2.79 bits per heavy atom. The number of hydrogen-bond acceptors (Lipinski definition) is 6. The first-order valence-electron chi connectivity index (χ1n) is 10.6. The first kappa shape index (κ1) is 23.5. The number of alkyl halides is 3. The maximum Gasteiger partial charge on any atom is 0.453 e. The van der Waals surface area contributed by atoms with Crippen LogP contribution in [0.1, 0.15) is 34.9 Å². The maximum absolute atomic E-state index is 13.3. The van der Waals surface area contributed by atoms with Crippen molar-refractivity contribution in [2.75, 3.05) is 19.7 Å². The summed E-state index contributed by atoms with van der Waals surface area (Å²) >= 11 is 0. The number of piperidine rings is 1. The Bertz CT molecular complexity index is 1090. The van der Waals surface area contributed by atoms with Gasteiger partial charge in [-0.15, -0.1) is 17.5 Å². The average Bonchev–Trinajstić information content (AvgIpc) is 3.47. The summed E-state index contributed by atoms with van der Waals surface area (Å²) in [7, 11) is 0. The van der Waals surface area contributed by atoms with Crippen molar-refractivity contribution in [2.24, 2.45) is 0 Å². The van der Waals surface area contributed by atoms with Crippen LogP contribution in [-0.2, 0) is 19.1 Å². The molecule has 2 aromatic carbocycles. The van der Waals surface area contributed by atoms with E-state index in [1.807, 2.05) is 18.2 Å². The number of benzene rings is 2. The normalized spacial score (nSPS) is 20.1. The molecule has 3 aromatic rings. The van der Waals surface area contributed by atoms with Gasteiger partial charge in [0, 0.05) is 37.0 Å². The summed E-state index contributed by atoms with van der Waals surface area (Å²) in [5.74, 6) is -0.0932. The molecule has 0 amide bonds. The first-order chi connectivity index (χ1) is 15.5. The third-order valence-corrected chi connectivity index (χ3v) is 6.08. The van der Waals surface area contributed by atoms with Gasteiger partial charge in [0.05, 0.1) is 12.3 Å². The molecule has 33 heavy (non-hydrogen) atoms. The van der Waals surface area contributed by atoms with Gasteiger partial charge in [-0.1, -0.05) is 30.3 Å². The SMILES string of the molecule is Cl.FC(F)(F)c1nnnn1-c1cc2c(c(CNC3CCNCC3c3ccccc3)c1)OCC2. The second-order valence-electron chi connectivity index (χ2n) is 8.10. The highest BCUT2D eigenvalue weighted by molar-refractivity contribution is 5.85. The van der Waals surface area contributed by atoms with E-state index in [1.54, 1.807) is 12.1 Å². The molecular weight excluding hydrogens is 457 g/mol. The van der Waals surface area contributed by atoms with Crippen LogP contribution in [-0.4, -0.2) is 45.9 Å². The molecular formula is C22H24ClF3N6O. The Kier molecular flexibility index (Phi) is 6.87. The summed E-state index contributed by atoms with van der Waals surface area (Å²) in [5.41, 5.74) is 3.22. The molecule has 0 bridgehead atoms. The summed E-state index contributed by atoms with van der Waals surface area (Å²) in [6, 6.07) is 13.9. The summed E-state index contributed by atoms with van der Waals surface area (Å²) in [6.45, 7) is 2.77. The van der Waals surface area contributed by atoms with E-state index in [4.69, 9.17) is 4.74 Å². The van der Waals surface area contributed by atoms with Gasteiger partial charge in [0.15, 0.2) is 0 Å². The van der Waals surface area contributed by atoms with E-state index in [9.17, 15) is 13.2 Å². The Hall–Kier alpha value is -2.69. The van der Waals surface area contributed by atoms with Gasteiger partial charge in [-0.2, -0.15) is 17.9 Å². The lowest BCUT2D eigenvalue weighted by Crippen LogP contribution is -2.45. The van der Waals surface area contributed by atoms with Crippen LogP contribution in [0.5, 0.6) is 5.75 Å². The Labute approximate surface area is 195 Å². The molecule has 5 rings (SSSR count). The van der Waals surface area contributed by atoms with Crippen LogP contribution in [0, 0.1) is 0 Å². The number of halogens is 4. The zero-order valence-electron chi connectivity index (χ0n) is 17.7. The van der Waals surface area contributed by atoms with Crippen LogP contribution >= 0.6 is 12.4 Å². The molecule has 1 fully saturated rings. The van der Waals surface area contributed by atoms with Crippen molar-refractivity contribution < 1.29 is 17.9 Å². The number of ether oxygens (including phenoxy) is 1. The van der Waals surface area contributed by atoms with E-state index in [2.05, 4.69) is 38.3 Å². The highest BCUT2D eigenvalue weighted by Gasteiger charge is 2.39. The molecule has 176 valence electrons. The molecule has 2 aliphatic rings. The minimum atomic E-state index is -4.64. The number of fused-ring (bicyclic) bond motifs is 1. The third kappa shape index (κ3) is 4.83. The van der Waals surface area contributed by atoms with Crippen molar-refractivity contribution in [1.29, 1.82) is 0 Å². The van der Waals surface area contributed by atoms with Crippen molar-refractivity contribution in [3.8, 4) is 11.4 Å². The van der Waals surface area contributed by atoms with Gasteiger partial charge < -0.3 is 15.4 Å². The lowest BCUT2D eigenvalue weighted by atomic mass is 9.87. The second kappa shape index (κ2) is 9.66. The van der Waals surface area contributed by atoms with Crippen molar-refractivity contribution in [3.05, 3.63) is 65.0 Å². The molecule has 2 aliphatic heterocycles. The van der Waals surface area contributed by atoms with E-state index in [-0.39, 0.29) is 24.1 Å². The molecule has 0 radical (unpaired) electrons. The van der Waals surface area contributed by atoms with Crippen LogP contribution in [0.25, 0.3) is 5.69 Å². The number of tetrazole rings is 1. The first-order valence-corrected chi connectivity index (χ1v) is 10.6. The van der Waals surface area contributed by atoms with Crippen LogP contribution in [0.2, 0.25) is 0 Å². The summed E-state index contributed by atoms with van der Waals surface area (Å²) in [4.78, 5) is 0. The van der Waals surface area contributed by atoms with E-state index in [1.165, 1.54) is 5.56 Å². The molecule has 3 heterocycles. The fourth-order valence-corrected chi connectivity index (χ4v) is 4.56. The average molecular weight is 481 g/mol. The molecule has 0 spiro atoms. The van der Waals surface area contributed by atoms with E-state index in [0.29, 0.717) is 25.5 Å². The molecule has 0 saturated carbocycles. The molecule has 0 aliphatic carbocycles. The van der Waals surface area contributed by atoms with Crippen molar-refractivity contribution in [1.82, 2.24) is 30.8 Å². The summed E-state index contributed by atoms with van der Waals surface area (Å²) in [6.07, 6.45) is -3.05. The standard InChI is InChI=1S/C22H23F3N6O.ClH/c23-22(24,25)21-28-29-30-31(21)17-10-15-7-9-32-20(15)16(11-17)12-27-19-6-8-26-13-18(19)14-4-2-1-3-5-14;/h1-5,10-11,18-19,26-27H,6-9,12-13H2;1H. The Morgan fingerprint density at radius 1 is 1.18 bits per heavy atom. The molecule has 2 unspecified atom stereocenters. The van der Waals surface area contributed by atoms with Crippen LogP contribution < -0.4 is 15.4 Å². The summed E-state index contributed by atoms with van der Waals surface area (Å²) in [5, 5.41) is 17.1. The molecule has 2 atom stereocenters. The van der Waals surface area contributed by atoms with Gasteiger partial charge in [0.1, 0.15) is 5.75 Å². The van der Waals surface area contributed by atoms with Crippen LogP contribution in [0.3, 0.4) is 0 Å². The molecule has 11 heteroatoms. The number of aromatic nitrogens is 4. The fourth-order valence-electron chi connectivity index (χ4n) is 4.56. The highest BCUT2D eigenvalue weighted by atomic mass is 35.5. The lowest BCUT2D eigenvalue weighted by molar-refractivity contribution is -0.146. The minimum absolute atomic E-state index is 0. The molecule has 1 aromatic heterocycles. The summed E-state index contributed by atoms with van der Waals surface area (Å²) < 4.78 is 46.6. The quantitative estimate of drug-likeness (QED) is 0.583. The zero-order chi connectivity index (χ0) is 22.1. The maximum atomic E-state index is 13.3. The van der Waals surface area contributed by atoms with E-state index >= 15 is 0 Å². The number of nitrogens with zero attached hydrogens (tertiary/aromatic N) is 4. The molecule has 1 saturated heterocycles. The lowest BCUT2D eigenvalue weighted by Gasteiger charge is -2.33. The molecule has 7 nitrogen and oxygen atoms in total. The monoisotopic (exact) mass is 480 g/mol. The van der Waals surface area contributed by atoms with Gasteiger partial charge in [0.25, 0.3) is 5.82 Å². The number of nitrogens with one attached hydrogen (secondary N) is 2. The van der Waals surface area contributed by atoms with E-state index < -0.39 is 12.0 Å². The third-order valence-electron chi connectivity index (χ3n) is 6.08. The smallest absolute Gasteiger partial charge is 0.453 e. The van der Waals surface area contributed by atoms with Gasteiger partial charge in [-0.3, -0.25) is 0 Å². The van der Waals surface area contributed by atoms with Gasteiger partial charge in [-0.05, 0) is 46.7 Å². The Morgan fingerprint density at radius 2 is 2.00 bits per heavy atom.